The summed E-state index contributed by atoms with van der Waals surface area (Å²) in [4.78, 5) is 31.0. The molecule has 0 atom stereocenters. The number of rotatable bonds is 1. The van der Waals surface area contributed by atoms with E-state index in [9.17, 15) is 4.79 Å². The molecule has 0 aliphatic rings. The molecule has 0 aliphatic heterocycles. The van der Waals surface area contributed by atoms with Crippen LogP contribution in [0.25, 0.3) is 0 Å². The summed E-state index contributed by atoms with van der Waals surface area (Å²) in [7, 11) is -4.64. The SMILES string of the molecule is C=CC(N)=O.O=P(O)(O)O.[NaH].[NaH].[NaH]. The first kappa shape index (κ1) is 29.5. The molecule has 0 saturated carbocycles. The van der Waals surface area contributed by atoms with Crippen LogP contribution in [0.2, 0.25) is 0 Å². The molecule has 0 aliphatic carbocycles. The zero-order valence-corrected chi connectivity index (χ0v) is 5.86. The Balaban J connectivity index is -0.0000000267. The Morgan fingerprint density at radius 1 is 1.23 bits per heavy atom. The van der Waals surface area contributed by atoms with Crippen molar-refractivity contribution in [3.05, 3.63) is 12.7 Å². The molecule has 0 saturated heterocycles. The van der Waals surface area contributed by atoms with E-state index >= 15 is 0 Å². The molecule has 6 nitrogen and oxygen atoms in total. The summed E-state index contributed by atoms with van der Waals surface area (Å²) in [5.41, 5.74) is 4.53. The predicted octanol–water partition coefficient (Wildman–Crippen LogP) is -3.22. The van der Waals surface area contributed by atoms with Crippen LogP contribution in [0.1, 0.15) is 0 Å². The van der Waals surface area contributed by atoms with Gasteiger partial charge in [0.05, 0.1) is 0 Å². The van der Waals surface area contributed by atoms with Gasteiger partial charge in [0.2, 0.25) is 5.91 Å². The molecule has 0 aromatic carbocycles. The molecular formula is C3H11NNa3O5P. The normalized spacial score (nSPS) is 7.00. The fourth-order valence-electron chi connectivity index (χ4n) is 0. The number of hydrogen-bond acceptors (Lipinski definition) is 2. The molecule has 0 fully saturated rings. The molecule has 0 spiro atoms. The van der Waals surface area contributed by atoms with Crippen LogP contribution in [0.3, 0.4) is 0 Å². The zero-order chi connectivity index (χ0) is 8.78. The van der Waals surface area contributed by atoms with Crippen molar-refractivity contribution in [3.8, 4) is 0 Å². The van der Waals surface area contributed by atoms with Crippen LogP contribution in [-0.2, 0) is 9.36 Å². The standard InChI is InChI=1S/C3H5NO.3Na.H3O4P.3H/c1-2-3(4)5;;;;1-5(2,3)4;;;/h2H,1H2,(H2,4,5);;;;(H3,1,2,3,4);;;. The molecular weight excluding hydrogens is 230 g/mol. The molecule has 5 N–H and O–H groups in total. The molecule has 1 amide bonds. The second-order valence-corrected chi connectivity index (χ2v) is 2.15. The minimum atomic E-state index is -4.64. The van der Waals surface area contributed by atoms with Crippen LogP contribution >= 0.6 is 7.82 Å². The van der Waals surface area contributed by atoms with Crippen LogP contribution in [0.4, 0.5) is 0 Å². The van der Waals surface area contributed by atoms with Crippen LogP contribution in [0.15, 0.2) is 12.7 Å². The van der Waals surface area contributed by atoms with E-state index in [4.69, 9.17) is 19.2 Å². The number of nitrogens with two attached hydrogens (primary N) is 1. The van der Waals surface area contributed by atoms with Gasteiger partial charge in [0.1, 0.15) is 0 Å². The Kier molecular flexibility index (Phi) is 38.0. The Morgan fingerprint density at radius 2 is 1.31 bits per heavy atom. The molecule has 0 radical (unpaired) electrons. The van der Waals surface area contributed by atoms with E-state index in [1.54, 1.807) is 0 Å². The van der Waals surface area contributed by atoms with Crippen molar-refractivity contribution in [2.45, 2.75) is 0 Å². The van der Waals surface area contributed by atoms with Crippen LogP contribution in [0.5, 0.6) is 0 Å². The first-order valence-electron chi connectivity index (χ1n) is 1.97. The van der Waals surface area contributed by atoms with Crippen molar-refractivity contribution in [1.29, 1.82) is 0 Å². The van der Waals surface area contributed by atoms with Crippen molar-refractivity contribution in [1.82, 2.24) is 0 Å². The van der Waals surface area contributed by atoms with E-state index in [1.807, 2.05) is 0 Å². The minimum absolute atomic E-state index is 0. The van der Waals surface area contributed by atoms with Crippen LogP contribution < -0.4 is 5.73 Å². The summed E-state index contributed by atoms with van der Waals surface area (Å²) in [5, 5.41) is 0. The fraction of sp³-hybridized carbons (Fsp3) is 0. The van der Waals surface area contributed by atoms with Gasteiger partial charge in [-0.15, -0.1) is 0 Å². The zero-order valence-electron chi connectivity index (χ0n) is 4.97. The van der Waals surface area contributed by atoms with Gasteiger partial charge in [-0.3, -0.25) is 4.79 Å². The summed E-state index contributed by atoms with van der Waals surface area (Å²) in [6.45, 7) is 3.09. The fourth-order valence-corrected chi connectivity index (χ4v) is 0. The van der Waals surface area contributed by atoms with E-state index in [2.05, 4.69) is 12.3 Å². The van der Waals surface area contributed by atoms with Gasteiger partial charge in [-0.05, 0) is 6.08 Å². The second-order valence-electron chi connectivity index (χ2n) is 1.12. The van der Waals surface area contributed by atoms with Gasteiger partial charge < -0.3 is 20.4 Å². The molecule has 66 valence electrons. The Hall–Kier alpha value is 2.32. The van der Waals surface area contributed by atoms with Crippen molar-refractivity contribution in [3.63, 3.8) is 0 Å². The van der Waals surface area contributed by atoms with Gasteiger partial charge in [-0.2, -0.15) is 0 Å². The number of carbonyl (C=O) groups excluding carboxylic acids is 1. The summed E-state index contributed by atoms with van der Waals surface area (Å²) in [5.74, 6) is -0.481. The molecule has 0 heterocycles. The number of primary amides is 1. The third kappa shape index (κ3) is 116. The van der Waals surface area contributed by atoms with Gasteiger partial charge in [0.25, 0.3) is 0 Å². The van der Waals surface area contributed by atoms with E-state index < -0.39 is 13.7 Å². The maximum absolute atomic E-state index is 9.47. The van der Waals surface area contributed by atoms with Crippen LogP contribution in [-0.4, -0.2) is 109 Å². The summed E-state index contributed by atoms with van der Waals surface area (Å²) >= 11 is 0. The van der Waals surface area contributed by atoms with E-state index in [0.717, 1.165) is 6.08 Å². The van der Waals surface area contributed by atoms with Gasteiger partial charge in [-0.1, -0.05) is 6.58 Å². The van der Waals surface area contributed by atoms with Crippen LogP contribution in [0, 0.1) is 0 Å². The number of phosphoric acid groups is 1. The Morgan fingerprint density at radius 3 is 1.31 bits per heavy atom. The topological polar surface area (TPSA) is 121 Å². The maximum atomic E-state index is 9.47. The van der Waals surface area contributed by atoms with E-state index in [0.29, 0.717) is 0 Å². The third-order valence-electron chi connectivity index (χ3n) is 0.201. The number of hydrogen-bond donors (Lipinski definition) is 4. The first-order valence-corrected chi connectivity index (χ1v) is 3.54. The van der Waals surface area contributed by atoms with Crippen molar-refractivity contribution >= 4 is 102 Å². The number of carbonyl (C=O) groups is 1. The molecule has 0 rings (SSSR count). The average Bonchev–Trinajstić information content (AvgIpc) is 1.61. The average molecular weight is 241 g/mol. The van der Waals surface area contributed by atoms with Gasteiger partial charge in [-0.25, -0.2) is 4.57 Å². The quantitative estimate of drug-likeness (QED) is 0.219. The second kappa shape index (κ2) is 16.7. The van der Waals surface area contributed by atoms with Gasteiger partial charge in [0.15, 0.2) is 0 Å². The summed E-state index contributed by atoms with van der Waals surface area (Å²) in [6.07, 6.45) is 1.06. The predicted molar refractivity (Wildman–Crippen MR) is 55.1 cm³/mol. The van der Waals surface area contributed by atoms with Crippen molar-refractivity contribution in [2.24, 2.45) is 5.73 Å². The van der Waals surface area contributed by atoms with E-state index in [-0.39, 0.29) is 88.7 Å². The van der Waals surface area contributed by atoms with Crippen molar-refractivity contribution < 1.29 is 24.0 Å². The first-order chi connectivity index (χ1) is 4.27. The van der Waals surface area contributed by atoms with Gasteiger partial charge >= 0.3 is 96.5 Å². The Labute approximate surface area is 142 Å². The summed E-state index contributed by atoms with van der Waals surface area (Å²) in [6, 6.07) is 0. The monoisotopic (exact) mass is 241 g/mol. The molecule has 0 aromatic heterocycles. The van der Waals surface area contributed by atoms with Crippen molar-refractivity contribution in [2.75, 3.05) is 0 Å². The summed E-state index contributed by atoms with van der Waals surface area (Å²) < 4.78 is 8.88. The van der Waals surface area contributed by atoms with E-state index in [1.165, 1.54) is 0 Å². The molecule has 0 unspecified atom stereocenters. The van der Waals surface area contributed by atoms with Gasteiger partial charge in [0, 0.05) is 0 Å². The molecule has 0 aromatic rings. The Bertz CT molecular complexity index is 162. The molecule has 13 heavy (non-hydrogen) atoms. The molecule has 10 heteroatoms. The molecule has 0 bridgehead atoms. The third-order valence-corrected chi connectivity index (χ3v) is 0.201. The number of amides is 1.